The minimum Gasteiger partial charge on any atom is -0.303 e. The summed E-state index contributed by atoms with van der Waals surface area (Å²) in [6.45, 7) is 0. The third-order valence-corrected chi connectivity index (χ3v) is 2.37. The Morgan fingerprint density at radius 1 is 1.18 bits per heavy atom. The van der Waals surface area contributed by atoms with Crippen LogP contribution >= 0.6 is 0 Å². The van der Waals surface area contributed by atoms with Crippen LogP contribution in [0.4, 0.5) is 8.78 Å². The van der Waals surface area contributed by atoms with E-state index in [0.29, 0.717) is 25.7 Å². The van der Waals surface area contributed by atoms with E-state index in [0.717, 1.165) is 6.29 Å². The maximum absolute atomic E-state index is 12.1. The lowest BCUT2D eigenvalue weighted by Crippen LogP contribution is -2.20. The second-order valence-corrected chi connectivity index (χ2v) is 3.15. The highest BCUT2D eigenvalue weighted by Crippen LogP contribution is 2.31. The summed E-state index contributed by atoms with van der Waals surface area (Å²) in [5.74, 6) is -0.406. The molecule has 1 saturated carbocycles. The number of carbonyl (C=O) groups is 1. The predicted molar refractivity (Wildman–Crippen MR) is 37.5 cm³/mol. The van der Waals surface area contributed by atoms with Crippen molar-refractivity contribution in [1.82, 2.24) is 0 Å². The number of aldehydes is 1. The first-order valence-electron chi connectivity index (χ1n) is 3.97. The lowest BCUT2D eigenvalue weighted by molar-refractivity contribution is -0.112. The Morgan fingerprint density at radius 2 is 1.73 bits per heavy atom. The van der Waals surface area contributed by atoms with Gasteiger partial charge in [0.1, 0.15) is 6.29 Å². The van der Waals surface area contributed by atoms with Crippen LogP contribution in [-0.4, -0.2) is 12.7 Å². The Bertz CT molecular complexity index is 128. The first-order valence-corrected chi connectivity index (χ1v) is 3.97. The van der Waals surface area contributed by atoms with Crippen LogP contribution in [0.15, 0.2) is 0 Å². The Balaban J connectivity index is 2.29. The molecule has 1 rings (SSSR count). The van der Waals surface area contributed by atoms with E-state index in [1.807, 2.05) is 0 Å². The zero-order chi connectivity index (χ0) is 8.27. The lowest BCUT2D eigenvalue weighted by atomic mass is 9.83. The summed E-state index contributed by atoms with van der Waals surface area (Å²) in [6, 6.07) is 0. The molecular weight excluding hydrogens is 150 g/mol. The SMILES string of the molecule is O=CC1CCC(C(F)F)CC1. The van der Waals surface area contributed by atoms with Crippen LogP contribution in [0.25, 0.3) is 0 Å². The van der Waals surface area contributed by atoms with E-state index in [9.17, 15) is 13.6 Å². The highest BCUT2D eigenvalue weighted by Gasteiger charge is 2.26. The molecule has 64 valence electrons. The van der Waals surface area contributed by atoms with Gasteiger partial charge in [-0.15, -0.1) is 0 Å². The fraction of sp³-hybridized carbons (Fsp3) is 0.875. The number of hydrogen-bond donors (Lipinski definition) is 0. The first-order chi connectivity index (χ1) is 5.24. The average molecular weight is 162 g/mol. The molecule has 1 fully saturated rings. The molecule has 0 bridgehead atoms. The molecule has 0 spiro atoms. The van der Waals surface area contributed by atoms with Gasteiger partial charge in [-0.2, -0.15) is 0 Å². The van der Waals surface area contributed by atoms with Gasteiger partial charge in [0, 0.05) is 11.8 Å². The molecule has 0 N–H and O–H groups in total. The van der Waals surface area contributed by atoms with E-state index in [-0.39, 0.29) is 5.92 Å². The van der Waals surface area contributed by atoms with E-state index in [1.165, 1.54) is 0 Å². The minimum absolute atomic E-state index is 0.0463. The molecule has 0 saturated heterocycles. The molecule has 0 radical (unpaired) electrons. The third kappa shape index (κ3) is 2.24. The van der Waals surface area contributed by atoms with Crippen molar-refractivity contribution in [1.29, 1.82) is 0 Å². The van der Waals surface area contributed by atoms with Crippen LogP contribution in [0.5, 0.6) is 0 Å². The minimum atomic E-state index is -2.19. The molecule has 1 aliphatic carbocycles. The molecule has 3 heteroatoms. The van der Waals surface area contributed by atoms with Crippen LogP contribution in [0, 0.1) is 11.8 Å². The average Bonchev–Trinajstić information content (AvgIpc) is 2.05. The second-order valence-electron chi connectivity index (χ2n) is 3.15. The van der Waals surface area contributed by atoms with Gasteiger partial charge in [-0.1, -0.05) is 0 Å². The molecule has 0 aliphatic heterocycles. The number of halogens is 2. The van der Waals surface area contributed by atoms with Crippen molar-refractivity contribution >= 4 is 6.29 Å². The third-order valence-electron chi connectivity index (χ3n) is 2.37. The Hall–Kier alpha value is -0.470. The van der Waals surface area contributed by atoms with Gasteiger partial charge in [0.2, 0.25) is 6.43 Å². The van der Waals surface area contributed by atoms with Crippen molar-refractivity contribution in [2.45, 2.75) is 32.1 Å². The monoisotopic (exact) mass is 162 g/mol. The maximum Gasteiger partial charge on any atom is 0.241 e. The van der Waals surface area contributed by atoms with E-state index in [2.05, 4.69) is 0 Å². The predicted octanol–water partition coefficient (Wildman–Crippen LogP) is 2.26. The van der Waals surface area contributed by atoms with Crippen molar-refractivity contribution < 1.29 is 13.6 Å². The zero-order valence-corrected chi connectivity index (χ0v) is 6.30. The standard InChI is InChI=1S/C8H12F2O/c9-8(10)7-3-1-6(5-11)2-4-7/h5-8H,1-4H2. The van der Waals surface area contributed by atoms with E-state index >= 15 is 0 Å². The summed E-state index contributed by atoms with van der Waals surface area (Å²) in [5, 5.41) is 0. The van der Waals surface area contributed by atoms with Crippen LogP contribution in [0.1, 0.15) is 25.7 Å². The molecule has 0 unspecified atom stereocenters. The molecule has 0 aromatic carbocycles. The zero-order valence-electron chi connectivity index (χ0n) is 6.30. The van der Waals surface area contributed by atoms with Crippen molar-refractivity contribution in [3.05, 3.63) is 0 Å². The van der Waals surface area contributed by atoms with Gasteiger partial charge in [-0.3, -0.25) is 0 Å². The number of alkyl halides is 2. The highest BCUT2D eigenvalue weighted by molar-refractivity contribution is 5.53. The van der Waals surface area contributed by atoms with Crippen molar-refractivity contribution in [2.75, 3.05) is 0 Å². The van der Waals surface area contributed by atoms with Gasteiger partial charge in [0.15, 0.2) is 0 Å². The molecule has 11 heavy (non-hydrogen) atoms. The lowest BCUT2D eigenvalue weighted by Gasteiger charge is -2.24. The van der Waals surface area contributed by atoms with Gasteiger partial charge in [0.25, 0.3) is 0 Å². The normalized spacial score (nSPS) is 32.3. The van der Waals surface area contributed by atoms with Crippen LogP contribution in [0.2, 0.25) is 0 Å². The fourth-order valence-electron chi connectivity index (χ4n) is 1.53. The molecule has 0 atom stereocenters. The second kappa shape index (κ2) is 3.79. The van der Waals surface area contributed by atoms with Crippen LogP contribution in [-0.2, 0) is 4.79 Å². The first kappa shape index (κ1) is 8.62. The quantitative estimate of drug-likeness (QED) is 0.569. The summed E-state index contributed by atoms with van der Waals surface area (Å²) in [4.78, 5) is 10.2. The molecule has 0 aromatic rings. The summed E-state index contributed by atoms with van der Waals surface area (Å²) >= 11 is 0. The molecule has 0 heterocycles. The Labute approximate surface area is 64.8 Å². The summed E-state index contributed by atoms with van der Waals surface area (Å²) < 4.78 is 24.1. The number of hydrogen-bond acceptors (Lipinski definition) is 1. The van der Waals surface area contributed by atoms with E-state index in [4.69, 9.17) is 0 Å². The van der Waals surface area contributed by atoms with E-state index < -0.39 is 12.3 Å². The Kier molecular flexibility index (Phi) is 2.97. The summed E-state index contributed by atoms with van der Waals surface area (Å²) in [7, 11) is 0. The van der Waals surface area contributed by atoms with Crippen molar-refractivity contribution in [3.63, 3.8) is 0 Å². The summed E-state index contributed by atoms with van der Waals surface area (Å²) in [6.07, 6.45) is 1.03. The van der Waals surface area contributed by atoms with Gasteiger partial charge >= 0.3 is 0 Å². The Morgan fingerprint density at radius 3 is 2.09 bits per heavy atom. The van der Waals surface area contributed by atoms with Gasteiger partial charge in [-0.05, 0) is 25.7 Å². The smallest absolute Gasteiger partial charge is 0.241 e. The number of rotatable bonds is 2. The van der Waals surface area contributed by atoms with Crippen LogP contribution in [0.3, 0.4) is 0 Å². The van der Waals surface area contributed by atoms with Gasteiger partial charge < -0.3 is 4.79 Å². The molecule has 1 nitrogen and oxygen atoms in total. The van der Waals surface area contributed by atoms with E-state index in [1.54, 1.807) is 0 Å². The number of carbonyl (C=O) groups excluding carboxylic acids is 1. The molecule has 1 aliphatic rings. The molecule has 0 aromatic heterocycles. The largest absolute Gasteiger partial charge is 0.303 e. The van der Waals surface area contributed by atoms with Gasteiger partial charge in [-0.25, -0.2) is 8.78 Å². The maximum atomic E-state index is 12.1. The van der Waals surface area contributed by atoms with Gasteiger partial charge in [0.05, 0.1) is 0 Å². The molecule has 0 amide bonds. The van der Waals surface area contributed by atoms with Crippen molar-refractivity contribution in [3.8, 4) is 0 Å². The fourth-order valence-corrected chi connectivity index (χ4v) is 1.53. The summed E-state index contributed by atoms with van der Waals surface area (Å²) in [5.41, 5.74) is 0. The highest BCUT2D eigenvalue weighted by atomic mass is 19.3. The molecular formula is C8H12F2O. The van der Waals surface area contributed by atoms with Crippen LogP contribution < -0.4 is 0 Å². The topological polar surface area (TPSA) is 17.1 Å². The van der Waals surface area contributed by atoms with Crippen molar-refractivity contribution in [2.24, 2.45) is 11.8 Å².